The molecule has 112 valence electrons. The summed E-state index contributed by atoms with van der Waals surface area (Å²) in [6.07, 6.45) is 0.855. The predicted octanol–water partition coefficient (Wildman–Crippen LogP) is 4.50. The van der Waals surface area contributed by atoms with Gasteiger partial charge in [0.1, 0.15) is 17.5 Å². The minimum Gasteiger partial charge on any atom is -0.306 e. The van der Waals surface area contributed by atoms with Gasteiger partial charge in [-0.15, -0.1) is 0 Å². The third-order valence-electron chi connectivity index (χ3n) is 3.38. The van der Waals surface area contributed by atoms with Crippen LogP contribution in [0, 0.1) is 24.4 Å². The van der Waals surface area contributed by atoms with E-state index in [1.54, 1.807) is 19.1 Å². The maximum absolute atomic E-state index is 14.0. The summed E-state index contributed by atoms with van der Waals surface area (Å²) in [6.45, 7) is 4.29. The van der Waals surface area contributed by atoms with Gasteiger partial charge in [0.05, 0.1) is 6.04 Å². The maximum Gasteiger partial charge on any atom is 0.128 e. The summed E-state index contributed by atoms with van der Waals surface area (Å²) in [5, 5.41) is 3.19. The first-order chi connectivity index (χ1) is 10.0. The molecule has 0 saturated heterocycles. The van der Waals surface area contributed by atoms with E-state index in [1.165, 1.54) is 12.1 Å². The Morgan fingerprint density at radius 3 is 2.38 bits per heavy atom. The van der Waals surface area contributed by atoms with Crippen LogP contribution in [0.5, 0.6) is 0 Å². The zero-order valence-corrected chi connectivity index (χ0v) is 12.1. The number of benzene rings is 2. The lowest BCUT2D eigenvalue weighted by Gasteiger charge is -2.21. The van der Waals surface area contributed by atoms with Gasteiger partial charge in [-0.2, -0.15) is 0 Å². The second-order valence-corrected chi connectivity index (χ2v) is 5.06. The monoisotopic (exact) mass is 293 g/mol. The summed E-state index contributed by atoms with van der Waals surface area (Å²) in [6, 6.07) is 7.49. The van der Waals surface area contributed by atoms with Crippen molar-refractivity contribution in [3.63, 3.8) is 0 Å². The largest absolute Gasteiger partial charge is 0.306 e. The third-order valence-corrected chi connectivity index (χ3v) is 3.38. The quantitative estimate of drug-likeness (QED) is 0.855. The van der Waals surface area contributed by atoms with Crippen LogP contribution in [0.4, 0.5) is 13.2 Å². The zero-order valence-electron chi connectivity index (χ0n) is 12.1. The van der Waals surface area contributed by atoms with Gasteiger partial charge in [-0.1, -0.05) is 19.1 Å². The molecular formula is C17H18F3N. The van der Waals surface area contributed by atoms with E-state index in [0.29, 0.717) is 17.7 Å². The minimum atomic E-state index is -0.500. The van der Waals surface area contributed by atoms with Crippen molar-refractivity contribution in [1.82, 2.24) is 5.32 Å². The Kier molecular flexibility index (Phi) is 5.02. The van der Waals surface area contributed by atoms with Crippen LogP contribution in [0.3, 0.4) is 0 Å². The molecule has 0 heterocycles. The van der Waals surface area contributed by atoms with Gasteiger partial charge < -0.3 is 5.32 Å². The first kappa shape index (κ1) is 15.6. The van der Waals surface area contributed by atoms with Gasteiger partial charge in [0, 0.05) is 5.56 Å². The van der Waals surface area contributed by atoms with Crippen LogP contribution in [0.15, 0.2) is 36.4 Å². The van der Waals surface area contributed by atoms with Crippen molar-refractivity contribution in [3.05, 3.63) is 70.5 Å². The van der Waals surface area contributed by atoms with Gasteiger partial charge in [-0.25, -0.2) is 13.2 Å². The molecule has 2 aromatic rings. The molecule has 1 unspecified atom stereocenters. The molecule has 4 heteroatoms. The summed E-state index contributed by atoms with van der Waals surface area (Å²) in [5.41, 5.74) is 1.42. The fraction of sp³-hybridized carbons (Fsp3) is 0.294. The highest BCUT2D eigenvalue weighted by atomic mass is 19.1. The molecule has 0 spiro atoms. The maximum atomic E-state index is 14.0. The second-order valence-electron chi connectivity index (χ2n) is 5.06. The third kappa shape index (κ3) is 3.64. The van der Waals surface area contributed by atoms with E-state index in [1.807, 2.05) is 6.92 Å². The van der Waals surface area contributed by atoms with Crippen LogP contribution in [0.2, 0.25) is 0 Å². The van der Waals surface area contributed by atoms with Crippen molar-refractivity contribution in [2.45, 2.75) is 26.3 Å². The standard InChI is InChI=1S/C17H18F3N/c1-3-8-21-17(12-4-6-15(19)11(2)9-12)14-10-13(18)5-7-16(14)20/h4-7,9-10,17,21H,3,8H2,1-2H3. The Balaban J connectivity index is 2.46. The summed E-state index contributed by atoms with van der Waals surface area (Å²) in [7, 11) is 0. The van der Waals surface area contributed by atoms with E-state index in [2.05, 4.69) is 5.32 Å². The molecule has 1 N–H and O–H groups in total. The van der Waals surface area contributed by atoms with Gasteiger partial charge >= 0.3 is 0 Å². The van der Waals surface area contributed by atoms with Gasteiger partial charge in [-0.3, -0.25) is 0 Å². The summed E-state index contributed by atoms with van der Waals surface area (Å²) < 4.78 is 40.9. The molecule has 0 aliphatic heterocycles. The fourth-order valence-corrected chi connectivity index (χ4v) is 2.28. The molecule has 0 aliphatic rings. The molecule has 0 aromatic heterocycles. The molecule has 0 amide bonds. The average Bonchev–Trinajstić information content (AvgIpc) is 2.46. The minimum absolute atomic E-state index is 0.231. The number of aryl methyl sites for hydroxylation is 1. The molecule has 21 heavy (non-hydrogen) atoms. The van der Waals surface area contributed by atoms with Gasteiger partial charge in [0.25, 0.3) is 0 Å². The molecule has 0 aliphatic carbocycles. The van der Waals surface area contributed by atoms with Gasteiger partial charge in [0.2, 0.25) is 0 Å². The van der Waals surface area contributed by atoms with Gasteiger partial charge in [-0.05, 0) is 55.3 Å². The normalized spacial score (nSPS) is 12.4. The molecule has 2 aromatic carbocycles. The van der Waals surface area contributed by atoms with Crippen LogP contribution >= 0.6 is 0 Å². The van der Waals surface area contributed by atoms with E-state index in [-0.39, 0.29) is 11.4 Å². The van der Waals surface area contributed by atoms with Crippen molar-refractivity contribution in [3.8, 4) is 0 Å². The van der Waals surface area contributed by atoms with E-state index < -0.39 is 17.7 Å². The predicted molar refractivity (Wildman–Crippen MR) is 77.6 cm³/mol. The number of hydrogen-bond acceptors (Lipinski definition) is 1. The molecule has 0 radical (unpaired) electrons. The van der Waals surface area contributed by atoms with E-state index in [0.717, 1.165) is 18.6 Å². The topological polar surface area (TPSA) is 12.0 Å². The van der Waals surface area contributed by atoms with Crippen molar-refractivity contribution in [2.75, 3.05) is 6.54 Å². The number of hydrogen-bond donors (Lipinski definition) is 1. The highest BCUT2D eigenvalue weighted by Gasteiger charge is 2.18. The Morgan fingerprint density at radius 1 is 1.00 bits per heavy atom. The zero-order chi connectivity index (χ0) is 15.4. The number of rotatable bonds is 5. The Bertz CT molecular complexity index is 625. The number of halogens is 3. The van der Waals surface area contributed by atoms with E-state index >= 15 is 0 Å². The van der Waals surface area contributed by atoms with E-state index in [4.69, 9.17) is 0 Å². The lowest BCUT2D eigenvalue weighted by atomic mass is 9.96. The molecule has 0 saturated carbocycles. The van der Waals surface area contributed by atoms with Crippen LogP contribution in [-0.4, -0.2) is 6.54 Å². The second kappa shape index (κ2) is 6.76. The first-order valence-corrected chi connectivity index (χ1v) is 6.97. The highest BCUT2D eigenvalue weighted by molar-refractivity contribution is 5.35. The lowest BCUT2D eigenvalue weighted by Crippen LogP contribution is -2.24. The molecule has 1 nitrogen and oxygen atoms in total. The molecule has 1 atom stereocenters. The summed E-state index contributed by atoms with van der Waals surface area (Å²) >= 11 is 0. The highest BCUT2D eigenvalue weighted by Crippen LogP contribution is 2.26. The SMILES string of the molecule is CCCNC(c1ccc(F)c(C)c1)c1cc(F)ccc1F. The average molecular weight is 293 g/mol. The molecule has 0 fully saturated rings. The van der Waals surface area contributed by atoms with Crippen LogP contribution in [0.25, 0.3) is 0 Å². The number of nitrogens with one attached hydrogen (secondary N) is 1. The lowest BCUT2D eigenvalue weighted by molar-refractivity contribution is 0.534. The van der Waals surface area contributed by atoms with Crippen LogP contribution < -0.4 is 5.32 Å². The molecule has 2 rings (SSSR count). The van der Waals surface area contributed by atoms with Crippen molar-refractivity contribution < 1.29 is 13.2 Å². The molecular weight excluding hydrogens is 275 g/mol. The van der Waals surface area contributed by atoms with E-state index in [9.17, 15) is 13.2 Å². The van der Waals surface area contributed by atoms with Crippen molar-refractivity contribution in [1.29, 1.82) is 0 Å². The summed E-state index contributed by atoms with van der Waals surface area (Å²) in [5.74, 6) is -1.28. The Hall–Kier alpha value is -1.81. The van der Waals surface area contributed by atoms with Crippen LogP contribution in [0.1, 0.15) is 36.1 Å². The Morgan fingerprint density at radius 2 is 1.71 bits per heavy atom. The van der Waals surface area contributed by atoms with Gasteiger partial charge in [0.15, 0.2) is 0 Å². The first-order valence-electron chi connectivity index (χ1n) is 6.97. The fourth-order valence-electron chi connectivity index (χ4n) is 2.28. The van der Waals surface area contributed by atoms with Crippen LogP contribution in [-0.2, 0) is 0 Å². The van der Waals surface area contributed by atoms with Crippen molar-refractivity contribution >= 4 is 0 Å². The smallest absolute Gasteiger partial charge is 0.128 e. The summed E-state index contributed by atoms with van der Waals surface area (Å²) in [4.78, 5) is 0. The van der Waals surface area contributed by atoms with Crippen molar-refractivity contribution in [2.24, 2.45) is 0 Å². The Labute approximate surface area is 122 Å². The molecule has 0 bridgehead atoms.